The van der Waals surface area contributed by atoms with Crippen LogP contribution in [0.1, 0.15) is 48.8 Å². The van der Waals surface area contributed by atoms with Crippen molar-refractivity contribution in [1.29, 1.82) is 0 Å². The van der Waals surface area contributed by atoms with Crippen molar-refractivity contribution in [2.24, 2.45) is 17.8 Å². The fraction of sp³-hybridized carbons (Fsp3) is 0.524. The van der Waals surface area contributed by atoms with Crippen LogP contribution in [0.25, 0.3) is 11.0 Å². The Labute approximate surface area is 147 Å². The lowest BCUT2D eigenvalue weighted by molar-refractivity contribution is -0.146. The second kappa shape index (κ2) is 6.32. The van der Waals surface area contributed by atoms with Gasteiger partial charge in [-0.3, -0.25) is 4.79 Å². The maximum absolute atomic E-state index is 12.3. The first kappa shape index (κ1) is 16.4. The molecule has 0 radical (unpaired) electrons. The van der Waals surface area contributed by atoms with Gasteiger partial charge in [0.2, 0.25) is 0 Å². The van der Waals surface area contributed by atoms with Crippen molar-refractivity contribution in [1.82, 2.24) is 0 Å². The number of carbonyl (C=O) groups excluding carboxylic acids is 1. The van der Waals surface area contributed by atoms with Gasteiger partial charge in [-0.25, -0.2) is 4.79 Å². The number of ether oxygens (including phenoxy) is 1. The van der Waals surface area contributed by atoms with Gasteiger partial charge in [0.05, 0.1) is 0 Å². The maximum Gasteiger partial charge on any atom is 0.336 e. The van der Waals surface area contributed by atoms with Crippen LogP contribution in [0.15, 0.2) is 27.4 Å². The van der Waals surface area contributed by atoms with E-state index in [-0.39, 0.29) is 12.6 Å². The van der Waals surface area contributed by atoms with Crippen molar-refractivity contribution in [3.63, 3.8) is 0 Å². The summed E-state index contributed by atoms with van der Waals surface area (Å²) in [7, 11) is 0. The van der Waals surface area contributed by atoms with Crippen molar-refractivity contribution in [3.05, 3.63) is 45.3 Å². The summed E-state index contributed by atoms with van der Waals surface area (Å²) >= 11 is 0. The molecule has 2 aliphatic carbocycles. The van der Waals surface area contributed by atoms with Crippen LogP contribution in [0.3, 0.4) is 0 Å². The zero-order chi connectivity index (χ0) is 17.6. The van der Waals surface area contributed by atoms with E-state index in [0.717, 1.165) is 28.0 Å². The van der Waals surface area contributed by atoms with Gasteiger partial charge in [-0.15, -0.1) is 0 Å². The third-order valence-corrected chi connectivity index (χ3v) is 6.15. The minimum atomic E-state index is -0.407. The van der Waals surface area contributed by atoms with Gasteiger partial charge < -0.3 is 9.15 Å². The largest absolute Gasteiger partial charge is 0.461 e. The van der Waals surface area contributed by atoms with Crippen LogP contribution >= 0.6 is 0 Å². The summed E-state index contributed by atoms with van der Waals surface area (Å²) in [6.07, 6.45) is 5.59. The summed E-state index contributed by atoms with van der Waals surface area (Å²) in [6, 6.07) is 5.29. The molecule has 4 rings (SSSR count). The Morgan fingerprint density at radius 1 is 1.16 bits per heavy atom. The topological polar surface area (TPSA) is 56.5 Å². The van der Waals surface area contributed by atoms with Gasteiger partial charge in [0.1, 0.15) is 12.2 Å². The van der Waals surface area contributed by atoms with E-state index in [4.69, 9.17) is 9.15 Å². The molecule has 3 atom stereocenters. The first-order chi connectivity index (χ1) is 12.0. The van der Waals surface area contributed by atoms with Crippen LogP contribution in [0, 0.1) is 31.6 Å². The Balaban J connectivity index is 1.48. The fourth-order valence-corrected chi connectivity index (χ4v) is 4.66. The molecule has 2 fully saturated rings. The molecule has 0 N–H and O–H groups in total. The van der Waals surface area contributed by atoms with Gasteiger partial charge in [-0.1, -0.05) is 6.42 Å². The summed E-state index contributed by atoms with van der Waals surface area (Å²) in [4.78, 5) is 24.1. The van der Waals surface area contributed by atoms with Crippen LogP contribution in [0.2, 0.25) is 0 Å². The second-order valence-electron chi connectivity index (χ2n) is 7.82. The van der Waals surface area contributed by atoms with E-state index < -0.39 is 5.63 Å². The summed E-state index contributed by atoms with van der Waals surface area (Å²) in [5.41, 5.74) is 3.05. The standard InChI is InChI=1S/C21H24O4/c1-12-5-18-17(10-21(23)25-19(18)6-13(12)2)11-24-20(22)9-16-8-14-3-4-15(16)7-14/h5-6,10,14-16H,3-4,7-9,11H2,1-2H3/t14-,15+,16+/m0/s1. The SMILES string of the molecule is Cc1cc2oc(=O)cc(COC(=O)C[C@H]3C[C@H]4CC[C@@H]3C4)c2cc1C. The first-order valence-corrected chi connectivity index (χ1v) is 9.19. The van der Waals surface area contributed by atoms with Gasteiger partial charge >= 0.3 is 11.6 Å². The van der Waals surface area contributed by atoms with Crippen LogP contribution in [0.5, 0.6) is 0 Å². The van der Waals surface area contributed by atoms with Gasteiger partial charge in [0.15, 0.2) is 0 Å². The number of aryl methyl sites for hydroxylation is 2. The van der Waals surface area contributed by atoms with Crippen LogP contribution < -0.4 is 5.63 Å². The summed E-state index contributed by atoms with van der Waals surface area (Å²) in [5, 5.41) is 0.843. The van der Waals surface area contributed by atoms with E-state index in [1.54, 1.807) is 0 Å². The van der Waals surface area contributed by atoms with Crippen molar-refractivity contribution >= 4 is 16.9 Å². The molecular weight excluding hydrogens is 316 g/mol. The minimum absolute atomic E-state index is 0.129. The first-order valence-electron chi connectivity index (χ1n) is 9.19. The Kier molecular flexibility index (Phi) is 4.14. The van der Waals surface area contributed by atoms with E-state index in [1.165, 1.54) is 31.7 Å². The lowest BCUT2D eigenvalue weighted by atomic mass is 9.86. The average molecular weight is 340 g/mol. The molecule has 132 valence electrons. The third kappa shape index (κ3) is 3.22. The molecule has 0 amide bonds. The molecule has 4 nitrogen and oxygen atoms in total. The van der Waals surface area contributed by atoms with Crippen LogP contribution in [-0.4, -0.2) is 5.97 Å². The average Bonchev–Trinajstić information content (AvgIpc) is 3.17. The highest BCUT2D eigenvalue weighted by atomic mass is 16.5. The van der Waals surface area contributed by atoms with Crippen molar-refractivity contribution < 1.29 is 13.9 Å². The fourth-order valence-electron chi connectivity index (χ4n) is 4.66. The van der Waals surface area contributed by atoms with Crippen molar-refractivity contribution in [2.75, 3.05) is 0 Å². The van der Waals surface area contributed by atoms with E-state index in [9.17, 15) is 9.59 Å². The third-order valence-electron chi connectivity index (χ3n) is 6.15. The highest BCUT2D eigenvalue weighted by Gasteiger charge is 2.40. The summed E-state index contributed by atoms with van der Waals surface area (Å²) in [5.74, 6) is 1.89. The van der Waals surface area contributed by atoms with E-state index >= 15 is 0 Å². The Morgan fingerprint density at radius 2 is 1.96 bits per heavy atom. The van der Waals surface area contributed by atoms with Crippen LogP contribution in [0.4, 0.5) is 0 Å². The zero-order valence-electron chi connectivity index (χ0n) is 14.8. The number of benzene rings is 1. The molecule has 1 heterocycles. The van der Waals surface area contributed by atoms with Crippen molar-refractivity contribution in [3.8, 4) is 0 Å². The molecule has 4 heteroatoms. The zero-order valence-corrected chi connectivity index (χ0v) is 14.8. The number of esters is 1. The monoisotopic (exact) mass is 340 g/mol. The predicted octanol–water partition coefficient (Wildman–Crippen LogP) is 4.28. The van der Waals surface area contributed by atoms with Crippen molar-refractivity contribution in [2.45, 2.75) is 52.6 Å². The minimum Gasteiger partial charge on any atom is -0.461 e. The number of hydrogen-bond donors (Lipinski definition) is 0. The summed E-state index contributed by atoms with van der Waals surface area (Å²) in [6.45, 7) is 4.13. The molecule has 2 aromatic rings. The van der Waals surface area contributed by atoms with Crippen LogP contribution in [-0.2, 0) is 16.1 Å². The second-order valence-corrected chi connectivity index (χ2v) is 7.82. The molecule has 0 unspecified atom stereocenters. The quantitative estimate of drug-likeness (QED) is 0.616. The molecule has 0 aliphatic heterocycles. The van der Waals surface area contributed by atoms with E-state index in [0.29, 0.717) is 23.8 Å². The number of rotatable bonds is 4. The molecule has 1 aromatic carbocycles. The molecule has 25 heavy (non-hydrogen) atoms. The molecular formula is C21H24O4. The number of carbonyl (C=O) groups is 1. The molecule has 2 bridgehead atoms. The van der Waals surface area contributed by atoms with Gasteiger partial charge in [0.25, 0.3) is 0 Å². The van der Waals surface area contributed by atoms with Gasteiger partial charge in [-0.05, 0) is 74.1 Å². The van der Waals surface area contributed by atoms with E-state index in [1.807, 2.05) is 26.0 Å². The van der Waals surface area contributed by atoms with E-state index in [2.05, 4.69) is 0 Å². The lowest BCUT2D eigenvalue weighted by Crippen LogP contribution is -2.17. The smallest absolute Gasteiger partial charge is 0.336 e. The molecule has 0 saturated heterocycles. The Morgan fingerprint density at radius 3 is 2.68 bits per heavy atom. The Hall–Kier alpha value is -2.10. The highest BCUT2D eigenvalue weighted by molar-refractivity contribution is 5.82. The maximum atomic E-state index is 12.3. The number of hydrogen-bond acceptors (Lipinski definition) is 4. The molecule has 2 aliphatic rings. The predicted molar refractivity (Wildman–Crippen MR) is 95.3 cm³/mol. The summed E-state index contributed by atoms with van der Waals surface area (Å²) < 4.78 is 10.8. The highest BCUT2D eigenvalue weighted by Crippen LogP contribution is 2.49. The van der Waals surface area contributed by atoms with Gasteiger partial charge in [-0.2, -0.15) is 0 Å². The molecule has 2 saturated carbocycles. The number of fused-ring (bicyclic) bond motifs is 3. The molecule has 0 spiro atoms. The normalized spacial score (nSPS) is 24.8. The van der Waals surface area contributed by atoms with Gasteiger partial charge in [0, 0.05) is 23.4 Å². The lowest BCUT2D eigenvalue weighted by Gasteiger charge is -2.20. The molecule has 1 aromatic heterocycles. The Bertz CT molecular complexity index is 879.